The number of methoxy groups -OCH3 is 1. The highest BCUT2D eigenvalue weighted by molar-refractivity contribution is 7.87. The van der Waals surface area contributed by atoms with Crippen molar-refractivity contribution in [1.82, 2.24) is 9.03 Å². The summed E-state index contributed by atoms with van der Waals surface area (Å²) < 4.78 is 31.2. The van der Waals surface area contributed by atoms with Gasteiger partial charge in [0.05, 0.1) is 20.1 Å². The van der Waals surface area contributed by atoms with Crippen LogP contribution in [0.2, 0.25) is 0 Å². The Morgan fingerprint density at radius 3 is 2.53 bits per heavy atom. The summed E-state index contributed by atoms with van der Waals surface area (Å²) in [6.07, 6.45) is 0.477. The molecule has 0 aromatic carbocycles. The van der Waals surface area contributed by atoms with Crippen LogP contribution >= 0.6 is 0 Å². The maximum atomic E-state index is 11.7. The molecule has 0 amide bonds. The predicted molar refractivity (Wildman–Crippen MR) is 62.5 cm³/mol. The molecule has 0 unspecified atom stereocenters. The van der Waals surface area contributed by atoms with Gasteiger partial charge in [-0.25, -0.2) is 0 Å². The Morgan fingerprint density at radius 2 is 2.12 bits per heavy atom. The summed E-state index contributed by atoms with van der Waals surface area (Å²) in [6.45, 7) is 1.53. The lowest BCUT2D eigenvalue weighted by Crippen LogP contribution is -2.45. The second-order valence-corrected chi connectivity index (χ2v) is 5.37. The number of nitrogens with one attached hydrogen (secondary N) is 1. The van der Waals surface area contributed by atoms with Gasteiger partial charge in [-0.2, -0.15) is 17.4 Å². The molecule has 0 saturated carbocycles. The Morgan fingerprint density at radius 1 is 1.53 bits per heavy atom. The fraction of sp³-hybridized carbons (Fsp3) is 0.889. The van der Waals surface area contributed by atoms with Gasteiger partial charge in [0.25, 0.3) is 10.2 Å². The van der Waals surface area contributed by atoms with Gasteiger partial charge in [-0.1, -0.05) is 6.92 Å². The lowest BCUT2D eigenvalue weighted by atomic mass is 10.3. The van der Waals surface area contributed by atoms with Crippen LogP contribution in [0, 0.1) is 0 Å². The molecule has 0 saturated heterocycles. The average molecular weight is 268 g/mol. The summed E-state index contributed by atoms with van der Waals surface area (Å²) in [7, 11) is -1.07. The third kappa shape index (κ3) is 5.97. The number of esters is 1. The fourth-order valence-corrected chi connectivity index (χ4v) is 2.20. The van der Waals surface area contributed by atoms with E-state index in [1.54, 1.807) is 6.92 Å². The number of hydrogen-bond donors (Lipinski definition) is 2. The number of carbonyl (C=O) groups is 1. The summed E-state index contributed by atoms with van der Waals surface area (Å²) in [6, 6.07) is -0.513. The first-order valence-electron chi connectivity index (χ1n) is 5.28. The Bertz CT molecular complexity index is 326. The molecule has 0 rings (SSSR count). The van der Waals surface area contributed by atoms with E-state index in [4.69, 9.17) is 5.11 Å². The van der Waals surface area contributed by atoms with E-state index in [2.05, 4.69) is 9.46 Å². The summed E-state index contributed by atoms with van der Waals surface area (Å²) in [5.41, 5.74) is 0. The average Bonchev–Trinajstić information content (AvgIpc) is 2.32. The summed E-state index contributed by atoms with van der Waals surface area (Å²) >= 11 is 0. The van der Waals surface area contributed by atoms with Crippen molar-refractivity contribution < 1.29 is 23.1 Å². The van der Waals surface area contributed by atoms with Gasteiger partial charge in [-0.3, -0.25) is 4.79 Å². The van der Waals surface area contributed by atoms with Crippen molar-refractivity contribution in [2.24, 2.45) is 0 Å². The SMILES string of the molecule is CC[C@H](CO)NS(=O)(=O)N(C)CCC(=O)OC. The smallest absolute Gasteiger partial charge is 0.306 e. The van der Waals surface area contributed by atoms with Crippen LogP contribution in [-0.4, -0.2) is 57.1 Å². The third-order valence-electron chi connectivity index (χ3n) is 2.30. The van der Waals surface area contributed by atoms with Crippen molar-refractivity contribution in [3.63, 3.8) is 0 Å². The minimum atomic E-state index is -3.67. The van der Waals surface area contributed by atoms with Gasteiger partial charge in [-0.15, -0.1) is 0 Å². The van der Waals surface area contributed by atoms with Crippen molar-refractivity contribution in [3.8, 4) is 0 Å². The lowest BCUT2D eigenvalue weighted by molar-refractivity contribution is -0.140. The van der Waals surface area contributed by atoms with Crippen LogP contribution in [0.5, 0.6) is 0 Å². The second-order valence-electron chi connectivity index (χ2n) is 3.56. The van der Waals surface area contributed by atoms with Crippen molar-refractivity contribution in [2.75, 3.05) is 27.3 Å². The van der Waals surface area contributed by atoms with Gasteiger partial charge in [0.15, 0.2) is 0 Å². The molecule has 0 radical (unpaired) electrons. The molecule has 2 N–H and O–H groups in total. The number of nitrogens with zero attached hydrogens (tertiary/aromatic N) is 1. The van der Waals surface area contributed by atoms with Gasteiger partial charge >= 0.3 is 5.97 Å². The molecule has 102 valence electrons. The van der Waals surface area contributed by atoms with Gasteiger partial charge in [0.2, 0.25) is 0 Å². The lowest BCUT2D eigenvalue weighted by Gasteiger charge is -2.20. The normalized spacial score (nSPS) is 13.7. The van der Waals surface area contributed by atoms with Crippen molar-refractivity contribution >= 4 is 16.2 Å². The number of hydrogen-bond acceptors (Lipinski definition) is 5. The maximum absolute atomic E-state index is 11.7. The zero-order chi connectivity index (χ0) is 13.5. The Labute approximate surface area is 102 Å². The number of rotatable bonds is 8. The molecule has 0 aliphatic heterocycles. The van der Waals surface area contributed by atoms with Crippen LogP contribution in [0.15, 0.2) is 0 Å². The first-order chi connectivity index (χ1) is 7.87. The maximum Gasteiger partial charge on any atom is 0.306 e. The third-order valence-corrected chi connectivity index (χ3v) is 3.93. The standard InChI is InChI=1S/C9H20N2O5S/c1-4-8(7-12)10-17(14,15)11(2)6-5-9(13)16-3/h8,10,12H,4-7H2,1-3H3/t8-/m1/s1. The molecule has 0 aromatic rings. The van der Waals surface area contributed by atoms with Crippen LogP contribution in [0.4, 0.5) is 0 Å². The molecular formula is C9H20N2O5S. The molecule has 8 heteroatoms. The number of aliphatic hydroxyl groups excluding tert-OH is 1. The van der Waals surface area contributed by atoms with Crippen LogP contribution in [0.25, 0.3) is 0 Å². The topological polar surface area (TPSA) is 95.9 Å². The molecule has 0 heterocycles. The highest BCUT2D eigenvalue weighted by atomic mass is 32.2. The molecule has 1 atom stereocenters. The van der Waals surface area contributed by atoms with Gasteiger partial charge in [0.1, 0.15) is 0 Å². The van der Waals surface area contributed by atoms with E-state index in [1.165, 1.54) is 14.2 Å². The highest BCUT2D eigenvalue weighted by Crippen LogP contribution is 2.00. The molecular weight excluding hydrogens is 248 g/mol. The number of aliphatic hydroxyl groups is 1. The van der Waals surface area contributed by atoms with Crippen LogP contribution < -0.4 is 4.72 Å². The number of ether oxygens (including phenoxy) is 1. The molecule has 0 fully saturated rings. The Balaban J connectivity index is 4.34. The van der Waals surface area contributed by atoms with E-state index in [9.17, 15) is 13.2 Å². The molecule has 7 nitrogen and oxygen atoms in total. The van der Waals surface area contributed by atoms with E-state index in [0.29, 0.717) is 6.42 Å². The first-order valence-corrected chi connectivity index (χ1v) is 6.72. The fourth-order valence-electron chi connectivity index (χ4n) is 1.02. The molecule has 0 spiro atoms. The minimum Gasteiger partial charge on any atom is -0.469 e. The van der Waals surface area contributed by atoms with Gasteiger partial charge < -0.3 is 9.84 Å². The van der Waals surface area contributed by atoms with Crippen molar-refractivity contribution in [1.29, 1.82) is 0 Å². The largest absolute Gasteiger partial charge is 0.469 e. The molecule has 0 bridgehead atoms. The summed E-state index contributed by atoms with van der Waals surface area (Å²) in [5, 5.41) is 8.91. The van der Waals surface area contributed by atoms with Crippen molar-refractivity contribution in [2.45, 2.75) is 25.8 Å². The van der Waals surface area contributed by atoms with E-state index in [0.717, 1.165) is 4.31 Å². The zero-order valence-electron chi connectivity index (χ0n) is 10.3. The highest BCUT2D eigenvalue weighted by Gasteiger charge is 2.21. The molecule has 17 heavy (non-hydrogen) atoms. The van der Waals surface area contributed by atoms with Crippen LogP contribution in [0.1, 0.15) is 19.8 Å². The van der Waals surface area contributed by atoms with E-state index in [1.807, 2.05) is 0 Å². The van der Waals surface area contributed by atoms with Gasteiger partial charge in [-0.05, 0) is 6.42 Å². The zero-order valence-corrected chi connectivity index (χ0v) is 11.2. The van der Waals surface area contributed by atoms with Gasteiger partial charge in [0, 0.05) is 19.6 Å². The number of carbonyl (C=O) groups excluding carboxylic acids is 1. The Kier molecular flexibility index (Phi) is 7.28. The van der Waals surface area contributed by atoms with Crippen molar-refractivity contribution in [3.05, 3.63) is 0 Å². The quantitative estimate of drug-likeness (QED) is 0.555. The molecule has 0 aliphatic rings. The van der Waals surface area contributed by atoms with E-state index < -0.39 is 22.2 Å². The molecule has 0 aromatic heterocycles. The second kappa shape index (κ2) is 7.59. The summed E-state index contributed by atoms with van der Waals surface area (Å²) in [5.74, 6) is -0.471. The van der Waals surface area contributed by atoms with E-state index >= 15 is 0 Å². The predicted octanol–water partition coefficient (Wildman–Crippen LogP) is -0.913. The monoisotopic (exact) mass is 268 g/mol. The first kappa shape index (κ1) is 16.3. The molecule has 0 aliphatic carbocycles. The summed E-state index contributed by atoms with van der Waals surface area (Å²) in [4.78, 5) is 10.9. The Hall–Kier alpha value is -0.700. The minimum absolute atomic E-state index is 0.0101. The van der Waals surface area contributed by atoms with Crippen LogP contribution in [-0.2, 0) is 19.7 Å². The van der Waals surface area contributed by atoms with E-state index in [-0.39, 0.29) is 19.6 Å². The van der Waals surface area contributed by atoms with Crippen LogP contribution in [0.3, 0.4) is 0 Å².